The van der Waals surface area contributed by atoms with E-state index in [1.807, 2.05) is 42.1 Å². The van der Waals surface area contributed by atoms with E-state index >= 15 is 0 Å². The van der Waals surface area contributed by atoms with E-state index < -0.39 is 47.0 Å². The summed E-state index contributed by atoms with van der Waals surface area (Å²) >= 11 is 8.34. The van der Waals surface area contributed by atoms with Gasteiger partial charge in [0.05, 0.1) is 0 Å². The van der Waals surface area contributed by atoms with Crippen molar-refractivity contribution in [3.63, 3.8) is 0 Å². The van der Waals surface area contributed by atoms with E-state index in [2.05, 4.69) is 20.0 Å². The molecule has 5 rings (SSSR count). The summed E-state index contributed by atoms with van der Waals surface area (Å²) < 4.78 is 4.03. The molecule has 0 radical (unpaired) electrons. The zero-order valence-corrected chi connectivity index (χ0v) is 26.4. The predicted molar refractivity (Wildman–Crippen MR) is 166 cm³/mol. The second kappa shape index (κ2) is 13.0. The SMILES string of the molecule is C[C@H](N)CCn1ccc2c1ccc[n+]2CC1=C(C(=O)O)N2C(=O)[C@@H](NC(=O)C(=NO[C@@H](C)C(=O)O)c3nc(N)sc3Cl)[C@H]2SC1. The van der Waals surface area contributed by atoms with Crippen molar-refractivity contribution >= 4 is 80.3 Å². The van der Waals surface area contributed by atoms with Crippen LogP contribution < -0.4 is 21.4 Å². The van der Waals surface area contributed by atoms with Crippen LogP contribution in [0.4, 0.5) is 5.13 Å². The molecule has 0 spiro atoms. The third-order valence-corrected chi connectivity index (χ3v) is 9.65. The van der Waals surface area contributed by atoms with E-state index in [4.69, 9.17) is 33.0 Å². The first-order valence-corrected chi connectivity index (χ1v) is 15.9. The summed E-state index contributed by atoms with van der Waals surface area (Å²) in [5, 5.41) is 24.8. The van der Waals surface area contributed by atoms with Gasteiger partial charge < -0.3 is 36.4 Å². The van der Waals surface area contributed by atoms with Crippen LogP contribution in [0.25, 0.3) is 11.0 Å². The highest BCUT2D eigenvalue weighted by atomic mass is 35.5. The molecular formula is C27H30ClN8O7S2+. The minimum absolute atomic E-state index is 0.000813. The molecule has 0 aliphatic carbocycles. The first-order valence-electron chi connectivity index (χ1n) is 13.7. The van der Waals surface area contributed by atoms with E-state index in [1.165, 1.54) is 23.6 Å². The van der Waals surface area contributed by atoms with Gasteiger partial charge in [0.1, 0.15) is 32.7 Å². The molecule has 3 aromatic rings. The topological polar surface area (TPSA) is 219 Å². The molecule has 1 fully saturated rings. The van der Waals surface area contributed by atoms with Crippen LogP contribution in [0, 0.1) is 0 Å². The van der Waals surface area contributed by atoms with Gasteiger partial charge in [-0.25, -0.2) is 14.6 Å². The second-order valence-corrected chi connectivity index (χ2v) is 13.2. The molecule has 0 unspecified atom stereocenters. The Morgan fingerprint density at radius 2 is 2.07 bits per heavy atom. The van der Waals surface area contributed by atoms with Crippen molar-refractivity contribution in [3.05, 3.63) is 51.9 Å². The lowest BCUT2D eigenvalue weighted by Gasteiger charge is -2.49. The number of nitrogens with two attached hydrogens (primary N) is 2. The third-order valence-electron chi connectivity index (χ3n) is 7.23. The average molecular weight is 678 g/mol. The lowest BCUT2D eigenvalue weighted by Crippen LogP contribution is -2.71. The quantitative estimate of drug-likeness (QED) is 0.0787. The summed E-state index contributed by atoms with van der Waals surface area (Å²) in [4.78, 5) is 60.4. The number of β-lactam (4-membered cyclic amide) rings is 1. The van der Waals surface area contributed by atoms with Crippen molar-refractivity contribution in [2.75, 3.05) is 11.5 Å². The third kappa shape index (κ3) is 6.47. The van der Waals surface area contributed by atoms with Crippen molar-refractivity contribution in [1.82, 2.24) is 19.8 Å². The monoisotopic (exact) mass is 677 g/mol. The molecule has 0 saturated carbocycles. The number of fused-ring (bicyclic) bond motifs is 2. The maximum atomic E-state index is 13.3. The normalized spacial score (nSPS) is 19.6. The number of pyridine rings is 1. The molecule has 0 aromatic carbocycles. The number of aryl methyl sites for hydroxylation is 1. The standard InChI is InChI=1S/C27H29ClN8O7S2/c1-12(29)5-8-34-9-6-16-15(34)4-3-7-35(16)10-14-11-44-24-19(23(38)36(24)20(14)26(41)42)31-22(37)18(33-43-13(2)25(39)40)17-21(28)45-27(30)32-17/h3-4,6-7,9,12-13,19,24H,5,8,10-11,29H2,1-2H3,(H4-,30,31,32,37,39,40,41,42)/p+1/t12-,13-,19+,24+/m0/s1. The molecule has 18 heteroatoms. The minimum atomic E-state index is -1.41. The lowest BCUT2D eigenvalue weighted by molar-refractivity contribution is -0.663. The van der Waals surface area contributed by atoms with Gasteiger partial charge in [0.2, 0.25) is 11.6 Å². The van der Waals surface area contributed by atoms with Gasteiger partial charge in [-0.3, -0.25) is 14.5 Å². The van der Waals surface area contributed by atoms with Gasteiger partial charge in [0, 0.05) is 42.2 Å². The van der Waals surface area contributed by atoms with Crippen LogP contribution in [-0.2, 0) is 37.1 Å². The number of carbonyl (C=O) groups is 4. The maximum Gasteiger partial charge on any atom is 0.352 e. The first kappa shape index (κ1) is 32.2. The number of nitrogens with one attached hydrogen (secondary N) is 1. The van der Waals surface area contributed by atoms with Crippen LogP contribution >= 0.6 is 34.7 Å². The Kier molecular flexibility index (Phi) is 9.33. The Morgan fingerprint density at radius 3 is 2.71 bits per heavy atom. The number of oxime groups is 1. The van der Waals surface area contributed by atoms with Crippen LogP contribution in [0.15, 0.2) is 47.0 Å². The first-order chi connectivity index (χ1) is 21.4. The van der Waals surface area contributed by atoms with Crippen LogP contribution in [0.3, 0.4) is 0 Å². The van der Waals surface area contributed by atoms with Crippen molar-refractivity contribution < 1.29 is 38.8 Å². The molecule has 1 saturated heterocycles. The summed E-state index contributed by atoms with van der Waals surface area (Å²) in [5.41, 5.74) is 13.3. The number of anilines is 1. The number of hydrogen-bond acceptors (Lipinski definition) is 11. The molecule has 2 aliphatic heterocycles. The number of thiazole rings is 1. The highest BCUT2D eigenvalue weighted by Gasteiger charge is 2.55. The molecule has 0 bridgehead atoms. The van der Waals surface area contributed by atoms with Crippen LogP contribution in [0.5, 0.6) is 0 Å². The lowest BCUT2D eigenvalue weighted by atomic mass is 10.0. The summed E-state index contributed by atoms with van der Waals surface area (Å²) in [7, 11) is 0. The second-order valence-electron chi connectivity index (χ2n) is 10.5. The molecule has 4 atom stereocenters. The van der Waals surface area contributed by atoms with Crippen LogP contribution in [0.1, 0.15) is 26.0 Å². The fourth-order valence-corrected chi connectivity index (χ4v) is 7.21. The highest BCUT2D eigenvalue weighted by molar-refractivity contribution is 8.00. The highest BCUT2D eigenvalue weighted by Crippen LogP contribution is 2.40. The molecule has 45 heavy (non-hydrogen) atoms. The van der Waals surface area contributed by atoms with Crippen molar-refractivity contribution in [1.29, 1.82) is 0 Å². The Labute approximate surface area is 269 Å². The molecule has 2 amide bonds. The Balaban J connectivity index is 1.37. The number of rotatable bonds is 12. The van der Waals surface area contributed by atoms with Crippen LogP contribution in [-0.4, -0.2) is 83.4 Å². The van der Waals surface area contributed by atoms with Gasteiger partial charge in [-0.2, -0.15) is 4.57 Å². The van der Waals surface area contributed by atoms with E-state index in [9.17, 15) is 24.3 Å². The number of amides is 2. The number of aromatic nitrogens is 3. The van der Waals surface area contributed by atoms with Gasteiger partial charge in [-0.05, 0) is 26.3 Å². The molecule has 2 aliphatic rings. The van der Waals surface area contributed by atoms with E-state index in [0.717, 1.165) is 35.3 Å². The van der Waals surface area contributed by atoms with Gasteiger partial charge in [-0.1, -0.05) is 28.1 Å². The molecule has 15 nitrogen and oxygen atoms in total. The van der Waals surface area contributed by atoms with Crippen molar-refractivity contribution in [2.45, 2.75) is 56.9 Å². The fraction of sp³-hybridized carbons (Fsp3) is 0.370. The Bertz CT molecular complexity index is 1750. The van der Waals surface area contributed by atoms with Gasteiger partial charge in [-0.15, -0.1) is 11.8 Å². The number of nitrogen functional groups attached to an aromatic ring is 1. The largest absolute Gasteiger partial charge is 0.478 e. The number of nitrogens with zero attached hydrogens (tertiary/aromatic N) is 5. The number of carboxylic acids is 2. The van der Waals surface area contributed by atoms with E-state index in [1.54, 1.807) is 0 Å². The Hall–Kier alpha value is -4.19. The van der Waals surface area contributed by atoms with Crippen LogP contribution in [0.2, 0.25) is 4.34 Å². The fourth-order valence-electron chi connectivity index (χ4n) is 4.94. The maximum absolute atomic E-state index is 13.3. The van der Waals surface area contributed by atoms with Gasteiger partial charge in [0.15, 0.2) is 23.6 Å². The zero-order valence-electron chi connectivity index (χ0n) is 24.0. The minimum Gasteiger partial charge on any atom is -0.478 e. The number of halogens is 1. The average Bonchev–Trinajstić information content (AvgIpc) is 3.56. The number of carboxylic acid groups (broad SMARTS) is 2. The number of thioether (sulfide) groups is 1. The zero-order chi connectivity index (χ0) is 32.6. The molecule has 7 N–H and O–H groups in total. The Morgan fingerprint density at radius 1 is 1.31 bits per heavy atom. The van der Waals surface area contributed by atoms with E-state index in [-0.39, 0.29) is 39.2 Å². The van der Waals surface area contributed by atoms with Crippen molar-refractivity contribution in [2.24, 2.45) is 10.9 Å². The number of carbonyl (C=O) groups excluding carboxylic acids is 2. The van der Waals surface area contributed by atoms with Gasteiger partial charge >= 0.3 is 11.9 Å². The summed E-state index contributed by atoms with van der Waals surface area (Å²) in [5.74, 6) is -3.88. The number of aliphatic carboxylic acids is 2. The van der Waals surface area contributed by atoms with Crippen molar-refractivity contribution in [3.8, 4) is 0 Å². The summed E-state index contributed by atoms with van der Waals surface area (Å²) in [6, 6.07) is 4.76. The molecule has 5 heterocycles. The molecular weight excluding hydrogens is 648 g/mol. The molecule has 238 valence electrons. The molecule has 3 aromatic heterocycles. The summed E-state index contributed by atoms with van der Waals surface area (Å²) in [6.45, 7) is 4.12. The van der Waals surface area contributed by atoms with E-state index in [0.29, 0.717) is 5.57 Å². The predicted octanol–water partition coefficient (Wildman–Crippen LogP) is 0.991. The number of hydrogen-bond donors (Lipinski definition) is 5. The summed E-state index contributed by atoms with van der Waals surface area (Å²) in [6.07, 6.45) is 3.21. The smallest absolute Gasteiger partial charge is 0.352 e. The van der Waals surface area contributed by atoms with Gasteiger partial charge in [0.25, 0.3) is 11.8 Å².